The minimum atomic E-state index is -3.65. The quantitative estimate of drug-likeness (QED) is 0.797. The molecule has 0 aliphatic carbocycles. The van der Waals surface area contributed by atoms with E-state index in [2.05, 4.69) is 11.6 Å². The van der Waals surface area contributed by atoms with Crippen molar-refractivity contribution in [1.82, 2.24) is 4.72 Å². The summed E-state index contributed by atoms with van der Waals surface area (Å²) >= 11 is 0. The van der Waals surface area contributed by atoms with Gasteiger partial charge in [0.25, 0.3) is 10.2 Å². The van der Waals surface area contributed by atoms with E-state index in [1.807, 2.05) is 30.3 Å². The van der Waals surface area contributed by atoms with Gasteiger partial charge in [0.1, 0.15) is 0 Å². The van der Waals surface area contributed by atoms with Gasteiger partial charge in [-0.3, -0.25) is 0 Å². The van der Waals surface area contributed by atoms with Crippen LogP contribution in [0, 0.1) is 0 Å². The lowest BCUT2D eigenvalue weighted by Gasteiger charge is -2.17. The second kappa shape index (κ2) is 5.98. The van der Waals surface area contributed by atoms with E-state index in [0.29, 0.717) is 0 Å². The van der Waals surface area contributed by atoms with Gasteiger partial charge in [0.05, 0.1) is 0 Å². The number of nitrogens with one attached hydrogen (secondary N) is 1. The molecule has 0 bridgehead atoms. The molecule has 0 saturated heterocycles. The monoisotopic (exact) mass is 242 g/mol. The van der Waals surface area contributed by atoms with E-state index < -0.39 is 10.2 Å². The van der Waals surface area contributed by atoms with Gasteiger partial charge in [0.2, 0.25) is 0 Å². The summed E-state index contributed by atoms with van der Waals surface area (Å²) < 4.78 is 24.5. The zero-order valence-electron chi connectivity index (χ0n) is 9.39. The Kier molecular flexibility index (Phi) is 4.92. The predicted molar refractivity (Wildman–Crippen MR) is 65.0 cm³/mol. The van der Waals surface area contributed by atoms with Gasteiger partial charge < -0.3 is 0 Å². The Morgan fingerprint density at radius 1 is 1.31 bits per heavy atom. The number of rotatable bonds is 6. The summed E-state index contributed by atoms with van der Waals surface area (Å²) in [5, 5.41) is 5.01. The molecule has 1 rings (SSSR count). The van der Waals surface area contributed by atoms with Crippen LogP contribution in [-0.2, 0) is 10.2 Å². The third-order valence-corrected chi connectivity index (χ3v) is 2.97. The molecule has 0 fully saturated rings. The SMILES string of the molecule is CCCCC(NS(N)(=O)=O)c1ccccc1. The summed E-state index contributed by atoms with van der Waals surface area (Å²) in [4.78, 5) is 0. The zero-order chi connectivity index (χ0) is 12.0. The van der Waals surface area contributed by atoms with Gasteiger partial charge in [-0.1, -0.05) is 50.1 Å². The lowest BCUT2D eigenvalue weighted by Crippen LogP contribution is -2.34. The highest BCUT2D eigenvalue weighted by Crippen LogP contribution is 2.19. The Labute approximate surface area is 97.0 Å². The molecule has 5 heteroatoms. The van der Waals surface area contributed by atoms with Crippen molar-refractivity contribution in [3.8, 4) is 0 Å². The van der Waals surface area contributed by atoms with Gasteiger partial charge in [-0.2, -0.15) is 13.1 Å². The van der Waals surface area contributed by atoms with Crippen molar-refractivity contribution in [3.63, 3.8) is 0 Å². The van der Waals surface area contributed by atoms with E-state index in [-0.39, 0.29) is 6.04 Å². The van der Waals surface area contributed by atoms with Gasteiger partial charge in [-0.15, -0.1) is 0 Å². The molecule has 0 heterocycles. The predicted octanol–water partition coefficient (Wildman–Crippen LogP) is 1.71. The van der Waals surface area contributed by atoms with Crippen LogP contribution in [0.3, 0.4) is 0 Å². The second-order valence-corrected chi connectivity index (χ2v) is 5.09. The fraction of sp³-hybridized carbons (Fsp3) is 0.455. The van der Waals surface area contributed by atoms with E-state index in [1.54, 1.807) is 0 Å². The molecule has 90 valence electrons. The van der Waals surface area contributed by atoms with Crippen molar-refractivity contribution in [2.24, 2.45) is 5.14 Å². The fourth-order valence-corrected chi connectivity index (χ4v) is 2.24. The molecule has 4 nitrogen and oxygen atoms in total. The van der Waals surface area contributed by atoms with Crippen LogP contribution in [0.4, 0.5) is 0 Å². The van der Waals surface area contributed by atoms with Crippen LogP contribution < -0.4 is 9.86 Å². The lowest BCUT2D eigenvalue weighted by molar-refractivity contribution is 0.526. The molecule has 3 N–H and O–H groups in total. The standard InChI is InChI=1S/C11H18N2O2S/c1-2-3-9-11(13-16(12,14)15)10-7-5-4-6-8-10/h4-8,11,13H,2-3,9H2,1H3,(H2,12,14,15). The second-order valence-electron chi connectivity index (χ2n) is 3.77. The maximum atomic E-state index is 11.0. The van der Waals surface area contributed by atoms with Crippen molar-refractivity contribution < 1.29 is 8.42 Å². The van der Waals surface area contributed by atoms with Crippen molar-refractivity contribution in [1.29, 1.82) is 0 Å². The zero-order valence-corrected chi connectivity index (χ0v) is 10.2. The molecule has 1 aromatic rings. The Hall–Kier alpha value is -0.910. The maximum Gasteiger partial charge on any atom is 0.274 e. The average molecular weight is 242 g/mol. The molecular weight excluding hydrogens is 224 g/mol. The first-order valence-corrected chi connectivity index (χ1v) is 6.92. The minimum absolute atomic E-state index is 0.226. The fourth-order valence-electron chi connectivity index (χ4n) is 1.59. The first kappa shape index (κ1) is 13.2. The molecular formula is C11H18N2O2S. The number of hydrogen-bond donors (Lipinski definition) is 2. The molecule has 0 aliphatic heterocycles. The highest BCUT2D eigenvalue weighted by Gasteiger charge is 2.15. The van der Waals surface area contributed by atoms with E-state index in [0.717, 1.165) is 24.8 Å². The van der Waals surface area contributed by atoms with Crippen molar-refractivity contribution in [2.45, 2.75) is 32.2 Å². The van der Waals surface area contributed by atoms with Crippen LogP contribution >= 0.6 is 0 Å². The molecule has 0 saturated carbocycles. The first-order chi connectivity index (χ1) is 7.53. The summed E-state index contributed by atoms with van der Waals surface area (Å²) in [6.45, 7) is 2.07. The van der Waals surface area contributed by atoms with Crippen molar-refractivity contribution in [3.05, 3.63) is 35.9 Å². The number of nitrogens with two attached hydrogens (primary N) is 1. The summed E-state index contributed by atoms with van der Waals surface area (Å²) in [6.07, 6.45) is 2.74. The molecule has 0 aliphatic rings. The summed E-state index contributed by atoms with van der Waals surface area (Å²) in [5.74, 6) is 0. The van der Waals surface area contributed by atoms with Crippen LogP contribution in [0.25, 0.3) is 0 Å². The van der Waals surface area contributed by atoms with Crippen LogP contribution in [0.15, 0.2) is 30.3 Å². The highest BCUT2D eigenvalue weighted by atomic mass is 32.2. The third kappa shape index (κ3) is 4.74. The average Bonchev–Trinajstić information content (AvgIpc) is 2.24. The normalized spacial score (nSPS) is 13.6. The molecule has 0 aromatic heterocycles. The van der Waals surface area contributed by atoms with Gasteiger partial charge in [-0.25, -0.2) is 5.14 Å². The van der Waals surface area contributed by atoms with Crippen LogP contribution in [0.5, 0.6) is 0 Å². The van der Waals surface area contributed by atoms with Gasteiger partial charge in [-0.05, 0) is 12.0 Å². The topological polar surface area (TPSA) is 72.2 Å². The lowest BCUT2D eigenvalue weighted by atomic mass is 10.0. The van der Waals surface area contributed by atoms with Crippen molar-refractivity contribution in [2.75, 3.05) is 0 Å². The van der Waals surface area contributed by atoms with Crippen LogP contribution in [0.1, 0.15) is 37.8 Å². The Bertz CT molecular complexity index is 403. The molecule has 1 atom stereocenters. The molecule has 1 aromatic carbocycles. The largest absolute Gasteiger partial charge is 0.274 e. The molecule has 16 heavy (non-hydrogen) atoms. The number of hydrogen-bond acceptors (Lipinski definition) is 2. The third-order valence-electron chi connectivity index (χ3n) is 2.35. The Balaban J connectivity index is 2.79. The van der Waals surface area contributed by atoms with E-state index in [9.17, 15) is 8.42 Å². The van der Waals surface area contributed by atoms with Gasteiger partial charge >= 0.3 is 0 Å². The summed E-state index contributed by atoms with van der Waals surface area (Å²) in [5.41, 5.74) is 0.949. The summed E-state index contributed by atoms with van der Waals surface area (Å²) in [6, 6.07) is 9.25. The van der Waals surface area contributed by atoms with Crippen molar-refractivity contribution >= 4 is 10.2 Å². The van der Waals surface area contributed by atoms with Crippen LogP contribution in [-0.4, -0.2) is 8.42 Å². The van der Waals surface area contributed by atoms with E-state index >= 15 is 0 Å². The Morgan fingerprint density at radius 2 is 1.94 bits per heavy atom. The molecule has 0 radical (unpaired) electrons. The Morgan fingerprint density at radius 3 is 2.44 bits per heavy atom. The highest BCUT2D eigenvalue weighted by molar-refractivity contribution is 7.87. The summed E-state index contributed by atoms with van der Waals surface area (Å²) in [7, 11) is -3.65. The van der Waals surface area contributed by atoms with E-state index in [1.165, 1.54) is 0 Å². The number of benzene rings is 1. The molecule has 0 amide bonds. The molecule has 1 unspecified atom stereocenters. The van der Waals surface area contributed by atoms with E-state index in [4.69, 9.17) is 5.14 Å². The molecule has 0 spiro atoms. The van der Waals surface area contributed by atoms with Crippen LogP contribution in [0.2, 0.25) is 0 Å². The van der Waals surface area contributed by atoms with Gasteiger partial charge in [0, 0.05) is 6.04 Å². The van der Waals surface area contributed by atoms with Gasteiger partial charge in [0.15, 0.2) is 0 Å². The smallest absolute Gasteiger partial charge is 0.216 e. The first-order valence-electron chi connectivity index (χ1n) is 5.38. The minimum Gasteiger partial charge on any atom is -0.216 e. The maximum absolute atomic E-state index is 11.0. The number of unbranched alkanes of at least 4 members (excludes halogenated alkanes) is 1.